The van der Waals surface area contributed by atoms with E-state index in [9.17, 15) is 4.79 Å². The molecule has 0 radical (unpaired) electrons. The summed E-state index contributed by atoms with van der Waals surface area (Å²) < 4.78 is 5.36. The van der Waals surface area contributed by atoms with Crippen LogP contribution in [0, 0.1) is 5.92 Å². The molecule has 5 heteroatoms. The van der Waals surface area contributed by atoms with Gasteiger partial charge in [-0.1, -0.05) is 50.6 Å². The summed E-state index contributed by atoms with van der Waals surface area (Å²) in [7, 11) is 0. The number of carbonyl (C=O) groups excluding carboxylic acids is 1. The van der Waals surface area contributed by atoms with Crippen molar-refractivity contribution in [2.24, 2.45) is 11.7 Å². The molecule has 1 aromatic heterocycles. The summed E-state index contributed by atoms with van der Waals surface area (Å²) in [5.41, 5.74) is 7.69. The summed E-state index contributed by atoms with van der Waals surface area (Å²) >= 11 is 0. The largest absolute Gasteiger partial charge is 0.446 e. The summed E-state index contributed by atoms with van der Waals surface area (Å²) in [6, 6.07) is 10.1. The van der Waals surface area contributed by atoms with Gasteiger partial charge in [0, 0.05) is 6.54 Å². The number of carbonyl (C=O) groups is 1. The molecule has 2 unspecified atom stereocenters. The lowest BCUT2D eigenvalue weighted by atomic mass is 10.0. The molecule has 2 atom stereocenters. The van der Waals surface area contributed by atoms with Crippen molar-refractivity contribution >= 4 is 5.91 Å². The Labute approximate surface area is 143 Å². The van der Waals surface area contributed by atoms with Crippen molar-refractivity contribution in [1.82, 2.24) is 10.3 Å². The van der Waals surface area contributed by atoms with Crippen molar-refractivity contribution in [2.75, 3.05) is 6.54 Å². The lowest BCUT2D eigenvalue weighted by Crippen LogP contribution is -2.25. The van der Waals surface area contributed by atoms with Crippen LogP contribution < -0.4 is 11.1 Å². The van der Waals surface area contributed by atoms with E-state index < -0.39 is 0 Å². The van der Waals surface area contributed by atoms with E-state index in [1.54, 1.807) is 0 Å². The van der Waals surface area contributed by atoms with Crippen LogP contribution in [0.2, 0.25) is 0 Å². The monoisotopic (exact) mass is 329 g/mol. The number of nitrogens with two attached hydrogens (primary N) is 1. The smallest absolute Gasteiger partial charge is 0.273 e. The fraction of sp³-hybridized carbons (Fsp3) is 0.474. The third kappa shape index (κ3) is 5.20. The van der Waals surface area contributed by atoms with Gasteiger partial charge in [-0.05, 0) is 30.7 Å². The van der Waals surface area contributed by atoms with Gasteiger partial charge in [0.2, 0.25) is 5.89 Å². The van der Waals surface area contributed by atoms with Gasteiger partial charge in [-0.3, -0.25) is 4.79 Å². The Kier molecular flexibility index (Phi) is 7.00. The molecular weight excluding hydrogens is 302 g/mol. The number of unbranched alkanes of at least 4 members (excludes halogenated alkanes) is 1. The molecule has 0 spiro atoms. The predicted octanol–water partition coefficient (Wildman–Crippen LogP) is 3.47. The van der Waals surface area contributed by atoms with Crippen LogP contribution >= 0.6 is 0 Å². The first kappa shape index (κ1) is 18.2. The Morgan fingerprint density at radius 2 is 2.04 bits per heavy atom. The van der Waals surface area contributed by atoms with Crippen LogP contribution in [0.3, 0.4) is 0 Å². The number of nitrogens with one attached hydrogen (secondary N) is 1. The van der Waals surface area contributed by atoms with E-state index in [4.69, 9.17) is 10.2 Å². The zero-order valence-corrected chi connectivity index (χ0v) is 14.5. The predicted molar refractivity (Wildman–Crippen MR) is 94.6 cm³/mol. The van der Waals surface area contributed by atoms with Crippen molar-refractivity contribution in [3.63, 3.8) is 0 Å². The molecule has 0 saturated carbocycles. The Morgan fingerprint density at radius 1 is 1.29 bits per heavy atom. The van der Waals surface area contributed by atoms with Crippen LogP contribution in [0.25, 0.3) is 0 Å². The Balaban J connectivity index is 1.72. The number of aryl methyl sites for hydroxylation is 1. The first-order valence-electron chi connectivity index (χ1n) is 8.65. The normalized spacial score (nSPS) is 13.5. The molecule has 0 saturated heterocycles. The molecule has 130 valence electrons. The van der Waals surface area contributed by atoms with Crippen LogP contribution in [0.1, 0.15) is 61.1 Å². The second kappa shape index (κ2) is 9.23. The van der Waals surface area contributed by atoms with Gasteiger partial charge in [-0.2, -0.15) is 0 Å². The van der Waals surface area contributed by atoms with Crippen molar-refractivity contribution in [3.8, 4) is 0 Å². The minimum Gasteiger partial charge on any atom is -0.446 e. The molecule has 0 aliphatic rings. The van der Waals surface area contributed by atoms with E-state index in [1.165, 1.54) is 11.8 Å². The first-order chi connectivity index (χ1) is 11.6. The van der Waals surface area contributed by atoms with Gasteiger partial charge in [0.05, 0.1) is 6.04 Å². The highest BCUT2D eigenvalue weighted by Gasteiger charge is 2.20. The third-order valence-corrected chi connectivity index (χ3v) is 4.32. The standard InChI is InChI=1S/C19H27N3O2/c1-3-14(2)17(20)19-22-16(13-24-19)18(23)21-12-8-7-11-15-9-5-4-6-10-15/h4-6,9-10,13-14,17H,3,7-8,11-12,20H2,1-2H3,(H,21,23). The second-order valence-electron chi connectivity index (χ2n) is 6.18. The van der Waals surface area contributed by atoms with Crippen molar-refractivity contribution in [1.29, 1.82) is 0 Å². The molecule has 24 heavy (non-hydrogen) atoms. The van der Waals surface area contributed by atoms with Gasteiger partial charge in [0.1, 0.15) is 6.26 Å². The van der Waals surface area contributed by atoms with Crippen LogP contribution in [0.5, 0.6) is 0 Å². The Bertz CT molecular complexity index is 625. The van der Waals surface area contributed by atoms with Crippen LogP contribution in [0.15, 0.2) is 41.0 Å². The molecule has 1 heterocycles. The number of rotatable bonds is 9. The summed E-state index contributed by atoms with van der Waals surface area (Å²) in [6.07, 6.45) is 5.31. The Hall–Kier alpha value is -2.14. The summed E-state index contributed by atoms with van der Waals surface area (Å²) in [5, 5.41) is 2.88. The molecule has 0 bridgehead atoms. The van der Waals surface area contributed by atoms with Crippen molar-refractivity contribution in [3.05, 3.63) is 53.7 Å². The maximum atomic E-state index is 12.1. The number of benzene rings is 1. The zero-order valence-electron chi connectivity index (χ0n) is 14.5. The maximum absolute atomic E-state index is 12.1. The van der Waals surface area contributed by atoms with Gasteiger partial charge in [-0.15, -0.1) is 0 Å². The van der Waals surface area contributed by atoms with E-state index >= 15 is 0 Å². The van der Waals surface area contributed by atoms with Gasteiger partial charge in [0.25, 0.3) is 5.91 Å². The number of hydrogen-bond donors (Lipinski definition) is 2. The van der Waals surface area contributed by atoms with Gasteiger partial charge >= 0.3 is 0 Å². The minimum atomic E-state index is -0.276. The quantitative estimate of drug-likeness (QED) is 0.690. The molecular formula is C19H27N3O2. The van der Waals surface area contributed by atoms with E-state index in [1.807, 2.05) is 25.1 Å². The van der Waals surface area contributed by atoms with Crippen LogP contribution in [-0.4, -0.2) is 17.4 Å². The fourth-order valence-corrected chi connectivity index (χ4v) is 2.43. The topological polar surface area (TPSA) is 81.1 Å². The highest BCUT2D eigenvalue weighted by atomic mass is 16.3. The van der Waals surface area contributed by atoms with Crippen molar-refractivity contribution in [2.45, 2.75) is 45.6 Å². The summed E-state index contributed by atoms with van der Waals surface area (Å²) in [6.45, 7) is 4.74. The summed E-state index contributed by atoms with van der Waals surface area (Å²) in [4.78, 5) is 16.3. The third-order valence-electron chi connectivity index (χ3n) is 4.32. The SMILES string of the molecule is CCC(C)C(N)c1nc(C(=O)NCCCCc2ccccc2)co1. The van der Waals surface area contributed by atoms with Crippen molar-refractivity contribution < 1.29 is 9.21 Å². The van der Waals surface area contributed by atoms with Crippen LogP contribution in [0.4, 0.5) is 0 Å². The van der Waals surface area contributed by atoms with E-state index in [0.29, 0.717) is 18.1 Å². The number of oxazole rings is 1. The Morgan fingerprint density at radius 3 is 2.75 bits per heavy atom. The maximum Gasteiger partial charge on any atom is 0.273 e. The average Bonchev–Trinajstić information content (AvgIpc) is 3.11. The highest BCUT2D eigenvalue weighted by molar-refractivity contribution is 5.91. The molecule has 1 aromatic carbocycles. The molecule has 0 aliphatic carbocycles. The average molecular weight is 329 g/mol. The van der Waals surface area contributed by atoms with Crippen LogP contribution in [-0.2, 0) is 6.42 Å². The number of aromatic nitrogens is 1. The second-order valence-corrected chi connectivity index (χ2v) is 6.18. The number of amides is 1. The molecule has 0 fully saturated rings. The number of hydrogen-bond acceptors (Lipinski definition) is 4. The highest BCUT2D eigenvalue weighted by Crippen LogP contribution is 2.21. The first-order valence-corrected chi connectivity index (χ1v) is 8.65. The zero-order chi connectivity index (χ0) is 17.4. The summed E-state index contributed by atoms with van der Waals surface area (Å²) in [5.74, 6) is 0.484. The van der Waals surface area contributed by atoms with Gasteiger partial charge in [0.15, 0.2) is 5.69 Å². The van der Waals surface area contributed by atoms with E-state index in [0.717, 1.165) is 25.7 Å². The van der Waals surface area contributed by atoms with E-state index in [2.05, 4.69) is 29.4 Å². The molecule has 2 aromatic rings. The fourth-order valence-electron chi connectivity index (χ4n) is 2.43. The lowest BCUT2D eigenvalue weighted by Gasteiger charge is -2.13. The van der Waals surface area contributed by atoms with Gasteiger partial charge in [-0.25, -0.2) is 4.98 Å². The van der Waals surface area contributed by atoms with Gasteiger partial charge < -0.3 is 15.5 Å². The molecule has 1 amide bonds. The molecule has 5 nitrogen and oxygen atoms in total. The lowest BCUT2D eigenvalue weighted by molar-refractivity contribution is 0.0948. The molecule has 3 N–H and O–H groups in total. The minimum absolute atomic E-state index is 0.207. The molecule has 2 rings (SSSR count). The number of nitrogens with zero attached hydrogens (tertiary/aromatic N) is 1. The molecule has 0 aliphatic heterocycles. The van der Waals surface area contributed by atoms with E-state index in [-0.39, 0.29) is 17.9 Å².